The van der Waals surface area contributed by atoms with E-state index in [1.807, 2.05) is 0 Å². The van der Waals surface area contributed by atoms with E-state index in [0.717, 1.165) is 0 Å². The van der Waals surface area contributed by atoms with Gasteiger partial charge in [0.1, 0.15) is 17.3 Å². The third-order valence-corrected chi connectivity index (χ3v) is 2.33. The van der Waals surface area contributed by atoms with Gasteiger partial charge in [-0.2, -0.15) is 0 Å². The molecule has 2 aromatic rings. The van der Waals surface area contributed by atoms with Crippen LogP contribution in [0.1, 0.15) is 10.4 Å². The third kappa shape index (κ3) is 3.04. The van der Waals surface area contributed by atoms with Crippen molar-refractivity contribution in [3.63, 3.8) is 0 Å². The molecule has 0 N–H and O–H groups in total. The van der Waals surface area contributed by atoms with Crippen LogP contribution in [0.2, 0.25) is 0 Å². The van der Waals surface area contributed by atoms with E-state index >= 15 is 0 Å². The van der Waals surface area contributed by atoms with Crippen LogP contribution in [0.4, 0.5) is 4.39 Å². The lowest BCUT2D eigenvalue weighted by Gasteiger charge is -2.05. The Morgan fingerprint density at radius 2 is 1.76 bits per heavy atom. The minimum atomic E-state index is -0.526. The van der Waals surface area contributed by atoms with Gasteiger partial charge in [-0.1, -0.05) is 6.07 Å². The van der Waals surface area contributed by atoms with Crippen LogP contribution in [0.25, 0.3) is 0 Å². The van der Waals surface area contributed by atoms with Crippen molar-refractivity contribution in [2.45, 2.75) is 0 Å². The highest BCUT2D eigenvalue weighted by atomic mass is 35.5. The van der Waals surface area contributed by atoms with Crippen molar-refractivity contribution in [2.75, 3.05) is 0 Å². The highest BCUT2D eigenvalue weighted by Crippen LogP contribution is 2.22. The fraction of sp³-hybridized carbons (Fsp3) is 0. The van der Waals surface area contributed by atoms with Crippen molar-refractivity contribution in [1.29, 1.82) is 0 Å². The number of carbonyl (C=O) groups is 1. The van der Waals surface area contributed by atoms with Crippen molar-refractivity contribution in [2.24, 2.45) is 0 Å². The van der Waals surface area contributed by atoms with Gasteiger partial charge < -0.3 is 4.74 Å². The number of rotatable bonds is 3. The summed E-state index contributed by atoms with van der Waals surface area (Å²) in [5.74, 6) is 0.544. The molecule has 2 rings (SSSR count). The number of ether oxygens (including phenoxy) is 1. The minimum Gasteiger partial charge on any atom is -0.457 e. The first-order valence-electron chi connectivity index (χ1n) is 4.88. The molecule has 0 fully saturated rings. The molecule has 0 heterocycles. The molecule has 0 unspecified atom stereocenters. The van der Waals surface area contributed by atoms with Crippen LogP contribution in [0.5, 0.6) is 11.5 Å². The van der Waals surface area contributed by atoms with Gasteiger partial charge >= 0.3 is 0 Å². The average Bonchev–Trinajstić information content (AvgIpc) is 2.29. The van der Waals surface area contributed by atoms with E-state index in [-0.39, 0.29) is 5.82 Å². The van der Waals surface area contributed by atoms with E-state index in [0.29, 0.717) is 17.1 Å². The van der Waals surface area contributed by atoms with Gasteiger partial charge in [0.15, 0.2) is 0 Å². The molecule has 2 aromatic carbocycles. The Kier molecular flexibility index (Phi) is 3.40. The molecule has 2 nitrogen and oxygen atoms in total. The second-order valence-corrected chi connectivity index (χ2v) is 3.70. The van der Waals surface area contributed by atoms with Crippen molar-refractivity contribution in [1.82, 2.24) is 0 Å². The summed E-state index contributed by atoms with van der Waals surface area (Å²) in [6.07, 6.45) is 0. The van der Waals surface area contributed by atoms with Gasteiger partial charge in [0.25, 0.3) is 5.24 Å². The van der Waals surface area contributed by atoms with Crippen LogP contribution in [0.3, 0.4) is 0 Å². The summed E-state index contributed by atoms with van der Waals surface area (Å²) in [6, 6.07) is 12.1. The van der Waals surface area contributed by atoms with Gasteiger partial charge in [0.05, 0.1) is 0 Å². The summed E-state index contributed by atoms with van der Waals surface area (Å²) in [6.45, 7) is 0. The van der Waals surface area contributed by atoms with Crippen molar-refractivity contribution >= 4 is 16.8 Å². The second kappa shape index (κ2) is 4.97. The normalized spacial score (nSPS) is 10.0. The zero-order chi connectivity index (χ0) is 12.3. The zero-order valence-corrected chi connectivity index (χ0v) is 9.45. The predicted octanol–water partition coefficient (Wildman–Crippen LogP) is 4.00. The van der Waals surface area contributed by atoms with Crippen molar-refractivity contribution in [3.8, 4) is 11.5 Å². The van der Waals surface area contributed by atoms with Crippen molar-refractivity contribution in [3.05, 3.63) is 59.9 Å². The molecule has 4 heteroatoms. The maximum Gasteiger partial charge on any atom is 0.252 e. The quantitative estimate of drug-likeness (QED) is 0.770. The largest absolute Gasteiger partial charge is 0.457 e. The lowest BCUT2D eigenvalue weighted by Crippen LogP contribution is -1.89. The van der Waals surface area contributed by atoms with Gasteiger partial charge in [-0.15, -0.1) is 0 Å². The Hall–Kier alpha value is -1.87. The fourth-order valence-electron chi connectivity index (χ4n) is 1.32. The highest BCUT2D eigenvalue weighted by Gasteiger charge is 2.02. The number of halogens is 2. The molecular formula is C13H8ClFO2. The van der Waals surface area contributed by atoms with E-state index in [2.05, 4.69) is 0 Å². The topological polar surface area (TPSA) is 26.3 Å². The fourth-order valence-corrected chi connectivity index (χ4v) is 1.45. The lowest BCUT2D eigenvalue weighted by atomic mass is 10.2. The van der Waals surface area contributed by atoms with E-state index < -0.39 is 5.24 Å². The summed E-state index contributed by atoms with van der Waals surface area (Å²) in [5.41, 5.74) is 0.387. The number of hydrogen-bond donors (Lipinski definition) is 0. The predicted molar refractivity (Wildman–Crippen MR) is 63.1 cm³/mol. The molecule has 0 aromatic heterocycles. The smallest absolute Gasteiger partial charge is 0.252 e. The van der Waals surface area contributed by atoms with Gasteiger partial charge in [0.2, 0.25) is 0 Å². The highest BCUT2D eigenvalue weighted by molar-refractivity contribution is 6.67. The molecule has 0 spiro atoms. The molecule has 0 radical (unpaired) electrons. The first kappa shape index (κ1) is 11.6. The monoisotopic (exact) mass is 250 g/mol. The molecule has 0 saturated heterocycles. The van der Waals surface area contributed by atoms with E-state index in [1.165, 1.54) is 12.1 Å². The van der Waals surface area contributed by atoms with Gasteiger partial charge in [-0.05, 0) is 48.0 Å². The number of benzene rings is 2. The molecule has 0 aliphatic rings. The van der Waals surface area contributed by atoms with Gasteiger partial charge in [-0.3, -0.25) is 4.79 Å². The molecular weight excluding hydrogens is 243 g/mol. The molecule has 0 aliphatic heterocycles. The molecule has 0 amide bonds. The van der Waals surface area contributed by atoms with Crippen LogP contribution in [0.15, 0.2) is 48.5 Å². The molecule has 17 heavy (non-hydrogen) atoms. The van der Waals surface area contributed by atoms with Crippen molar-refractivity contribution < 1.29 is 13.9 Å². The third-order valence-electron chi connectivity index (χ3n) is 2.11. The lowest BCUT2D eigenvalue weighted by molar-refractivity contribution is 0.108. The first-order valence-corrected chi connectivity index (χ1v) is 5.26. The Bertz CT molecular complexity index is 537. The van der Waals surface area contributed by atoms with E-state index in [9.17, 15) is 9.18 Å². The summed E-state index contributed by atoms with van der Waals surface area (Å²) in [5, 5.41) is -0.526. The first-order chi connectivity index (χ1) is 8.15. The second-order valence-electron chi connectivity index (χ2n) is 3.36. The minimum absolute atomic E-state index is 0.366. The maximum atomic E-state index is 12.9. The van der Waals surface area contributed by atoms with Crippen LogP contribution in [-0.2, 0) is 0 Å². The van der Waals surface area contributed by atoms with Gasteiger partial charge in [0, 0.05) is 11.6 Å². The molecule has 86 valence electrons. The Labute approximate surface area is 103 Å². The van der Waals surface area contributed by atoms with Crippen LogP contribution < -0.4 is 4.74 Å². The Morgan fingerprint density at radius 3 is 2.35 bits per heavy atom. The Morgan fingerprint density at radius 1 is 1.06 bits per heavy atom. The van der Waals surface area contributed by atoms with Gasteiger partial charge in [-0.25, -0.2) is 4.39 Å². The molecule has 0 atom stereocenters. The van der Waals surface area contributed by atoms with Crippen LogP contribution in [0, 0.1) is 5.82 Å². The molecule has 0 aliphatic carbocycles. The summed E-state index contributed by atoms with van der Waals surface area (Å²) < 4.78 is 18.3. The van der Waals surface area contributed by atoms with E-state index in [4.69, 9.17) is 16.3 Å². The average molecular weight is 251 g/mol. The van der Waals surface area contributed by atoms with E-state index in [1.54, 1.807) is 36.4 Å². The Balaban J connectivity index is 2.16. The van der Waals surface area contributed by atoms with Crippen LogP contribution >= 0.6 is 11.6 Å². The summed E-state index contributed by atoms with van der Waals surface area (Å²) in [4.78, 5) is 10.8. The SMILES string of the molecule is O=C(Cl)c1ccc(Oc2cccc(F)c2)cc1. The maximum absolute atomic E-state index is 12.9. The zero-order valence-electron chi connectivity index (χ0n) is 8.69. The summed E-state index contributed by atoms with van der Waals surface area (Å²) in [7, 11) is 0. The number of hydrogen-bond acceptors (Lipinski definition) is 2. The molecule has 0 bridgehead atoms. The standard InChI is InChI=1S/C13H8ClFO2/c14-13(16)9-4-6-11(7-5-9)17-12-3-1-2-10(15)8-12/h1-8H. The summed E-state index contributed by atoms with van der Waals surface area (Å²) >= 11 is 5.31. The molecule has 0 saturated carbocycles. The number of carbonyl (C=O) groups excluding carboxylic acids is 1. The van der Waals surface area contributed by atoms with Crippen LogP contribution in [-0.4, -0.2) is 5.24 Å².